The lowest BCUT2D eigenvalue weighted by molar-refractivity contribution is 0.195. The average Bonchev–Trinajstić information content (AvgIpc) is 2.31. The third kappa shape index (κ3) is 4.19. The first-order chi connectivity index (χ1) is 9.00. The first kappa shape index (κ1) is 15.3. The Labute approximate surface area is 118 Å². The van der Waals surface area contributed by atoms with Crippen molar-refractivity contribution in [1.29, 1.82) is 0 Å². The minimum atomic E-state index is -2.86. The van der Waals surface area contributed by atoms with Crippen molar-refractivity contribution in [3.63, 3.8) is 0 Å². The quantitative estimate of drug-likeness (QED) is 0.817. The van der Waals surface area contributed by atoms with Crippen LogP contribution in [0.3, 0.4) is 0 Å². The summed E-state index contributed by atoms with van der Waals surface area (Å²) in [7, 11) is -2.86. The zero-order valence-corrected chi connectivity index (χ0v) is 13.2. The molecule has 0 amide bonds. The van der Waals surface area contributed by atoms with E-state index < -0.39 is 9.84 Å². The predicted molar refractivity (Wildman–Crippen MR) is 80.0 cm³/mol. The van der Waals surface area contributed by atoms with Crippen molar-refractivity contribution >= 4 is 9.84 Å². The van der Waals surface area contributed by atoms with E-state index in [1.807, 2.05) is 0 Å². The molecule has 2 fully saturated rings. The number of rotatable bonds is 6. The molecule has 0 aromatic carbocycles. The van der Waals surface area contributed by atoms with E-state index in [1.54, 1.807) is 0 Å². The highest BCUT2D eigenvalue weighted by atomic mass is 32.2. The fourth-order valence-corrected chi connectivity index (χ4v) is 4.92. The van der Waals surface area contributed by atoms with E-state index in [1.165, 1.54) is 38.4 Å². The van der Waals surface area contributed by atoms with Crippen LogP contribution in [0.4, 0.5) is 0 Å². The number of hydrogen-bond acceptors (Lipinski definition) is 3. The van der Waals surface area contributed by atoms with E-state index >= 15 is 0 Å². The molecule has 112 valence electrons. The SMILES string of the molecule is CCNC(CC1CCC1)C1CCCC(S(C)(=O)=O)C1. The van der Waals surface area contributed by atoms with E-state index in [0.29, 0.717) is 12.0 Å². The van der Waals surface area contributed by atoms with Crippen molar-refractivity contribution < 1.29 is 8.42 Å². The molecule has 0 bridgehead atoms. The highest BCUT2D eigenvalue weighted by Crippen LogP contribution is 2.36. The Bertz CT molecular complexity index is 376. The standard InChI is InChI=1S/C15H29NO2S/c1-3-16-15(10-12-6-4-7-12)13-8-5-9-14(11-13)19(2,17)18/h12-16H,3-11H2,1-2H3. The normalized spacial score (nSPS) is 30.8. The number of hydrogen-bond donors (Lipinski definition) is 1. The maximum Gasteiger partial charge on any atom is 0.150 e. The van der Waals surface area contributed by atoms with E-state index in [4.69, 9.17) is 0 Å². The fourth-order valence-electron chi connectivity index (χ4n) is 3.73. The zero-order chi connectivity index (χ0) is 13.9. The van der Waals surface area contributed by atoms with Gasteiger partial charge in [0.15, 0.2) is 0 Å². The van der Waals surface area contributed by atoms with Crippen molar-refractivity contribution in [2.24, 2.45) is 11.8 Å². The second kappa shape index (κ2) is 6.57. The first-order valence-electron chi connectivity index (χ1n) is 7.93. The van der Waals surface area contributed by atoms with E-state index in [2.05, 4.69) is 12.2 Å². The van der Waals surface area contributed by atoms with Gasteiger partial charge in [-0.25, -0.2) is 8.42 Å². The fraction of sp³-hybridized carbons (Fsp3) is 1.00. The van der Waals surface area contributed by atoms with Crippen LogP contribution < -0.4 is 5.32 Å². The lowest BCUT2D eigenvalue weighted by Crippen LogP contribution is -2.42. The molecular formula is C15H29NO2S. The van der Waals surface area contributed by atoms with E-state index in [0.717, 1.165) is 31.7 Å². The third-order valence-corrected chi connectivity index (χ3v) is 6.76. The van der Waals surface area contributed by atoms with Crippen molar-refractivity contribution in [3.05, 3.63) is 0 Å². The molecule has 4 heteroatoms. The molecule has 2 saturated carbocycles. The van der Waals surface area contributed by atoms with Gasteiger partial charge in [-0.1, -0.05) is 32.6 Å². The van der Waals surface area contributed by atoms with Crippen LogP contribution in [0.1, 0.15) is 58.3 Å². The van der Waals surface area contributed by atoms with Gasteiger partial charge >= 0.3 is 0 Å². The van der Waals surface area contributed by atoms with Gasteiger partial charge in [0.25, 0.3) is 0 Å². The van der Waals surface area contributed by atoms with Crippen LogP contribution in [0.5, 0.6) is 0 Å². The van der Waals surface area contributed by atoms with Crippen molar-refractivity contribution in [2.75, 3.05) is 12.8 Å². The molecule has 2 rings (SSSR count). The molecule has 0 aromatic heterocycles. The van der Waals surface area contributed by atoms with Gasteiger partial charge in [0.05, 0.1) is 5.25 Å². The Morgan fingerprint density at radius 2 is 1.84 bits per heavy atom. The molecule has 2 aliphatic rings. The highest BCUT2D eigenvalue weighted by molar-refractivity contribution is 7.91. The summed E-state index contributed by atoms with van der Waals surface area (Å²) < 4.78 is 23.6. The Morgan fingerprint density at radius 3 is 2.37 bits per heavy atom. The second-order valence-corrected chi connectivity index (χ2v) is 8.90. The Kier molecular flexibility index (Phi) is 5.29. The second-order valence-electron chi connectivity index (χ2n) is 6.58. The first-order valence-corrected chi connectivity index (χ1v) is 9.88. The molecule has 2 aliphatic carbocycles. The molecule has 0 spiro atoms. The van der Waals surface area contributed by atoms with Gasteiger partial charge in [-0.05, 0) is 44.1 Å². The Morgan fingerprint density at radius 1 is 1.16 bits per heavy atom. The maximum absolute atomic E-state index is 11.8. The van der Waals surface area contributed by atoms with Crippen LogP contribution >= 0.6 is 0 Å². The van der Waals surface area contributed by atoms with E-state index in [-0.39, 0.29) is 5.25 Å². The topological polar surface area (TPSA) is 46.2 Å². The van der Waals surface area contributed by atoms with Crippen LogP contribution in [0, 0.1) is 11.8 Å². The molecular weight excluding hydrogens is 258 g/mol. The van der Waals surface area contributed by atoms with Crippen LogP contribution in [-0.2, 0) is 9.84 Å². The lowest BCUT2D eigenvalue weighted by atomic mass is 9.75. The van der Waals surface area contributed by atoms with Crippen LogP contribution in [0.25, 0.3) is 0 Å². The van der Waals surface area contributed by atoms with Gasteiger partial charge in [0.1, 0.15) is 9.84 Å². The minimum Gasteiger partial charge on any atom is -0.314 e. The van der Waals surface area contributed by atoms with Gasteiger partial charge in [-0.15, -0.1) is 0 Å². The molecule has 1 N–H and O–H groups in total. The molecule has 0 radical (unpaired) electrons. The summed E-state index contributed by atoms with van der Waals surface area (Å²) in [5.41, 5.74) is 0. The largest absolute Gasteiger partial charge is 0.314 e. The number of sulfone groups is 1. The van der Waals surface area contributed by atoms with Crippen molar-refractivity contribution in [3.8, 4) is 0 Å². The summed E-state index contributed by atoms with van der Waals surface area (Å²) in [6.45, 7) is 3.15. The van der Waals surface area contributed by atoms with Gasteiger partial charge in [-0.3, -0.25) is 0 Å². The molecule has 3 unspecified atom stereocenters. The molecule has 19 heavy (non-hydrogen) atoms. The maximum atomic E-state index is 11.8. The molecule has 0 saturated heterocycles. The minimum absolute atomic E-state index is 0.0891. The summed E-state index contributed by atoms with van der Waals surface area (Å²) in [5.74, 6) is 1.46. The highest BCUT2D eigenvalue weighted by Gasteiger charge is 2.34. The number of nitrogens with one attached hydrogen (secondary N) is 1. The summed E-state index contributed by atoms with van der Waals surface area (Å²) in [6.07, 6.45) is 10.9. The zero-order valence-electron chi connectivity index (χ0n) is 12.4. The summed E-state index contributed by atoms with van der Waals surface area (Å²) >= 11 is 0. The molecule has 0 aromatic rings. The molecule has 0 heterocycles. The predicted octanol–water partition coefficient (Wildman–Crippen LogP) is 2.76. The van der Waals surface area contributed by atoms with Gasteiger partial charge in [-0.2, -0.15) is 0 Å². The molecule has 3 atom stereocenters. The third-order valence-electron chi connectivity index (χ3n) is 5.12. The monoisotopic (exact) mass is 287 g/mol. The van der Waals surface area contributed by atoms with E-state index in [9.17, 15) is 8.42 Å². The average molecular weight is 287 g/mol. The van der Waals surface area contributed by atoms with Crippen LogP contribution in [-0.4, -0.2) is 32.5 Å². The molecule has 3 nitrogen and oxygen atoms in total. The Balaban J connectivity index is 1.95. The Hall–Kier alpha value is -0.0900. The molecule has 0 aliphatic heterocycles. The lowest BCUT2D eigenvalue weighted by Gasteiger charge is -2.38. The van der Waals surface area contributed by atoms with Gasteiger partial charge in [0, 0.05) is 12.3 Å². The van der Waals surface area contributed by atoms with Crippen molar-refractivity contribution in [2.45, 2.75) is 69.6 Å². The summed E-state index contributed by atoms with van der Waals surface area (Å²) in [4.78, 5) is 0. The van der Waals surface area contributed by atoms with Gasteiger partial charge in [0.2, 0.25) is 0 Å². The summed E-state index contributed by atoms with van der Waals surface area (Å²) in [6, 6.07) is 0.542. The smallest absolute Gasteiger partial charge is 0.150 e. The summed E-state index contributed by atoms with van der Waals surface area (Å²) in [5, 5.41) is 3.54. The van der Waals surface area contributed by atoms with Crippen LogP contribution in [0.15, 0.2) is 0 Å². The van der Waals surface area contributed by atoms with Gasteiger partial charge < -0.3 is 5.32 Å². The van der Waals surface area contributed by atoms with Crippen molar-refractivity contribution in [1.82, 2.24) is 5.32 Å². The van der Waals surface area contributed by atoms with Crippen LogP contribution in [0.2, 0.25) is 0 Å².